The Morgan fingerprint density at radius 1 is 1.32 bits per heavy atom. The van der Waals surface area contributed by atoms with Crippen molar-refractivity contribution in [1.29, 1.82) is 0 Å². The average molecular weight is 393 g/mol. The van der Waals surface area contributed by atoms with E-state index in [4.69, 9.17) is 9.15 Å². The van der Waals surface area contributed by atoms with Crippen molar-refractivity contribution in [2.24, 2.45) is 4.99 Å². The minimum absolute atomic E-state index is 0.200. The summed E-state index contributed by atoms with van der Waals surface area (Å²) in [5.41, 5.74) is 0.826. The van der Waals surface area contributed by atoms with Crippen molar-refractivity contribution in [2.45, 2.75) is 39.2 Å². The number of aryl methyl sites for hydroxylation is 1. The van der Waals surface area contributed by atoms with Crippen molar-refractivity contribution in [1.82, 2.24) is 20.9 Å². The zero-order valence-electron chi connectivity index (χ0n) is 16.9. The van der Waals surface area contributed by atoms with E-state index in [0.29, 0.717) is 31.9 Å². The number of guanidine groups is 1. The molecule has 0 aliphatic carbocycles. The van der Waals surface area contributed by atoms with Crippen molar-refractivity contribution in [3.63, 3.8) is 0 Å². The minimum Gasteiger partial charge on any atom is -0.459 e. The summed E-state index contributed by atoms with van der Waals surface area (Å²) in [5.74, 6) is 0.915. The number of carbonyl (C=O) groups excluding carboxylic acids is 2. The van der Waals surface area contributed by atoms with Gasteiger partial charge in [0.05, 0.1) is 13.4 Å². The molecule has 156 valence electrons. The maximum absolute atomic E-state index is 12.0. The van der Waals surface area contributed by atoms with Crippen LogP contribution in [0.2, 0.25) is 0 Å². The smallest absolute Gasteiger partial charge is 0.409 e. The molecule has 0 aromatic carbocycles. The number of piperidine rings is 1. The van der Waals surface area contributed by atoms with Crippen molar-refractivity contribution >= 4 is 18.0 Å². The fourth-order valence-electron chi connectivity index (χ4n) is 3.01. The molecule has 0 radical (unpaired) electrons. The molecule has 2 heterocycles. The highest BCUT2D eigenvalue weighted by molar-refractivity contribution is 5.92. The molecule has 9 nitrogen and oxygen atoms in total. The molecular formula is C19H31N5O4. The van der Waals surface area contributed by atoms with Gasteiger partial charge in [0.15, 0.2) is 11.7 Å². The Kier molecular flexibility index (Phi) is 8.64. The van der Waals surface area contributed by atoms with Gasteiger partial charge >= 0.3 is 6.09 Å². The number of methoxy groups -OCH3 is 1. The summed E-state index contributed by atoms with van der Waals surface area (Å²) in [6.07, 6.45) is 3.66. The van der Waals surface area contributed by atoms with Crippen molar-refractivity contribution < 1.29 is 18.7 Å². The number of ether oxygens (including phenoxy) is 1. The molecule has 1 aliphatic heterocycles. The zero-order chi connectivity index (χ0) is 20.4. The number of nitrogens with one attached hydrogen (secondary N) is 3. The van der Waals surface area contributed by atoms with E-state index in [2.05, 4.69) is 20.9 Å². The number of carbonyl (C=O) groups is 2. The van der Waals surface area contributed by atoms with Gasteiger partial charge in [-0.2, -0.15) is 0 Å². The number of nitrogens with zero attached hydrogens (tertiary/aromatic N) is 2. The fraction of sp³-hybridized carbons (Fsp3) is 0.632. The van der Waals surface area contributed by atoms with Gasteiger partial charge in [-0.1, -0.05) is 0 Å². The Morgan fingerprint density at radius 3 is 2.68 bits per heavy atom. The van der Waals surface area contributed by atoms with Crippen LogP contribution in [0, 0.1) is 6.92 Å². The molecule has 0 saturated carbocycles. The molecule has 0 bridgehead atoms. The van der Waals surface area contributed by atoms with Crippen LogP contribution in [0.15, 0.2) is 21.7 Å². The van der Waals surface area contributed by atoms with E-state index in [9.17, 15) is 9.59 Å². The van der Waals surface area contributed by atoms with Crippen LogP contribution in [0.5, 0.6) is 0 Å². The molecule has 9 heteroatoms. The van der Waals surface area contributed by atoms with E-state index in [-0.39, 0.29) is 18.0 Å². The number of aliphatic imine (C=N–C) groups is 1. The molecule has 0 spiro atoms. The summed E-state index contributed by atoms with van der Waals surface area (Å²) in [6.45, 7) is 7.08. The summed E-state index contributed by atoms with van der Waals surface area (Å²) in [7, 11) is 1.40. The minimum atomic E-state index is -0.272. The van der Waals surface area contributed by atoms with Crippen LogP contribution in [-0.4, -0.2) is 68.7 Å². The van der Waals surface area contributed by atoms with E-state index < -0.39 is 0 Å². The molecule has 1 aromatic heterocycles. The predicted octanol–water partition coefficient (Wildman–Crippen LogP) is 1.49. The largest absolute Gasteiger partial charge is 0.459 e. The zero-order valence-corrected chi connectivity index (χ0v) is 16.9. The molecule has 3 N–H and O–H groups in total. The Labute approximate surface area is 165 Å². The third-order valence-corrected chi connectivity index (χ3v) is 4.57. The lowest BCUT2D eigenvalue weighted by Gasteiger charge is -2.32. The van der Waals surface area contributed by atoms with Gasteiger partial charge < -0.3 is 30.0 Å². The molecular weight excluding hydrogens is 362 g/mol. The van der Waals surface area contributed by atoms with Gasteiger partial charge in [-0.25, -0.2) is 4.79 Å². The summed E-state index contributed by atoms with van der Waals surface area (Å²) >= 11 is 0. The molecule has 1 fully saturated rings. The lowest BCUT2D eigenvalue weighted by molar-refractivity contribution is 0.0924. The van der Waals surface area contributed by atoms with Crippen LogP contribution in [0.4, 0.5) is 4.79 Å². The van der Waals surface area contributed by atoms with E-state index in [1.165, 1.54) is 13.4 Å². The molecule has 1 aliphatic rings. The van der Waals surface area contributed by atoms with Gasteiger partial charge in [-0.3, -0.25) is 9.79 Å². The monoisotopic (exact) mass is 393 g/mol. The van der Waals surface area contributed by atoms with Crippen LogP contribution in [0.1, 0.15) is 42.3 Å². The van der Waals surface area contributed by atoms with Crippen molar-refractivity contribution in [3.05, 3.63) is 23.7 Å². The highest BCUT2D eigenvalue weighted by atomic mass is 16.5. The average Bonchev–Trinajstić information content (AvgIpc) is 3.13. The van der Waals surface area contributed by atoms with E-state index in [1.807, 2.05) is 13.8 Å². The number of amides is 2. The second kappa shape index (κ2) is 11.2. The van der Waals surface area contributed by atoms with Gasteiger partial charge in [0, 0.05) is 44.3 Å². The SMILES string of the molecule is CCNC(=NCCCNC(=O)c1occc1C)NC1CCN(C(=O)OC)CC1. The first kappa shape index (κ1) is 21.6. The molecule has 1 aromatic rings. The molecule has 1 saturated heterocycles. The van der Waals surface area contributed by atoms with E-state index in [1.54, 1.807) is 11.0 Å². The first-order valence-electron chi connectivity index (χ1n) is 9.75. The van der Waals surface area contributed by atoms with Crippen molar-refractivity contribution in [2.75, 3.05) is 39.8 Å². The number of likely N-dealkylation sites (tertiary alicyclic amines) is 1. The predicted molar refractivity (Wildman–Crippen MR) is 107 cm³/mol. The third-order valence-electron chi connectivity index (χ3n) is 4.57. The second-order valence-electron chi connectivity index (χ2n) is 6.68. The number of rotatable bonds is 7. The van der Waals surface area contributed by atoms with Crippen LogP contribution in [-0.2, 0) is 4.74 Å². The Bertz CT molecular complexity index is 665. The summed E-state index contributed by atoms with van der Waals surface area (Å²) in [4.78, 5) is 29.8. The maximum Gasteiger partial charge on any atom is 0.409 e. The lowest BCUT2D eigenvalue weighted by Crippen LogP contribution is -2.49. The second-order valence-corrected chi connectivity index (χ2v) is 6.68. The molecule has 28 heavy (non-hydrogen) atoms. The Hall–Kier alpha value is -2.71. The van der Waals surface area contributed by atoms with Crippen LogP contribution >= 0.6 is 0 Å². The number of hydrogen-bond acceptors (Lipinski definition) is 5. The highest BCUT2D eigenvalue weighted by Crippen LogP contribution is 2.11. The molecule has 2 amide bonds. The molecule has 2 rings (SSSR count). The topological polar surface area (TPSA) is 108 Å². The number of furan rings is 1. The quantitative estimate of drug-likeness (QED) is 0.368. The maximum atomic E-state index is 12.0. The summed E-state index contributed by atoms with van der Waals surface area (Å²) in [5, 5.41) is 9.50. The Morgan fingerprint density at radius 2 is 2.07 bits per heavy atom. The van der Waals surface area contributed by atoms with Gasteiger partial charge in [-0.05, 0) is 39.2 Å². The van der Waals surface area contributed by atoms with Gasteiger partial charge in [0.2, 0.25) is 0 Å². The molecule has 0 unspecified atom stereocenters. The normalized spacial score (nSPS) is 15.2. The van der Waals surface area contributed by atoms with Gasteiger partial charge in [0.1, 0.15) is 0 Å². The lowest BCUT2D eigenvalue weighted by atomic mass is 10.1. The van der Waals surface area contributed by atoms with Crippen LogP contribution in [0.25, 0.3) is 0 Å². The standard InChI is InChI=1S/C19H31N5O4/c1-4-20-18(23-15-6-11-24(12-7-15)19(26)27-3)22-10-5-9-21-17(25)16-14(2)8-13-28-16/h8,13,15H,4-7,9-12H2,1-3H3,(H,21,25)(H2,20,22,23). The number of hydrogen-bond donors (Lipinski definition) is 3. The fourth-order valence-corrected chi connectivity index (χ4v) is 3.01. The first-order chi connectivity index (χ1) is 13.5. The summed E-state index contributed by atoms with van der Waals surface area (Å²) in [6, 6.07) is 2.03. The third kappa shape index (κ3) is 6.47. The van der Waals surface area contributed by atoms with E-state index >= 15 is 0 Å². The summed E-state index contributed by atoms with van der Waals surface area (Å²) < 4.78 is 9.94. The first-order valence-corrected chi connectivity index (χ1v) is 9.75. The van der Waals surface area contributed by atoms with Gasteiger partial charge in [-0.15, -0.1) is 0 Å². The Balaban J connectivity index is 1.71. The van der Waals surface area contributed by atoms with E-state index in [0.717, 1.165) is 37.3 Å². The van der Waals surface area contributed by atoms with Gasteiger partial charge in [0.25, 0.3) is 5.91 Å². The van der Waals surface area contributed by atoms with Crippen molar-refractivity contribution in [3.8, 4) is 0 Å². The molecule has 0 atom stereocenters. The van der Waals surface area contributed by atoms with Crippen LogP contribution < -0.4 is 16.0 Å². The highest BCUT2D eigenvalue weighted by Gasteiger charge is 2.23. The van der Waals surface area contributed by atoms with Crippen LogP contribution in [0.3, 0.4) is 0 Å².